The van der Waals surface area contributed by atoms with Gasteiger partial charge in [-0.25, -0.2) is 10.0 Å². The quantitative estimate of drug-likeness (QED) is 0.419. The first-order valence-corrected chi connectivity index (χ1v) is 8.06. The predicted molar refractivity (Wildman–Crippen MR) is 90.2 cm³/mol. The SMILES string of the molecule is C=C1N=C(N)C=NN1[C@@H]1O[C@H](COC(=O)[C@@H](N)[C@@H](C)CC)C(O)[C@@H]1O. The van der Waals surface area contributed by atoms with Crippen LogP contribution in [0.4, 0.5) is 0 Å². The average Bonchev–Trinajstić information content (AvgIpc) is 2.86. The molecule has 1 unspecified atom stereocenters. The maximum atomic E-state index is 11.9. The zero-order chi connectivity index (χ0) is 18.7. The largest absolute Gasteiger partial charge is 0.462 e. The van der Waals surface area contributed by atoms with E-state index in [-0.39, 0.29) is 24.2 Å². The summed E-state index contributed by atoms with van der Waals surface area (Å²) in [6.07, 6.45) is -2.52. The molecule has 6 atom stereocenters. The van der Waals surface area contributed by atoms with Crippen LogP contribution in [0.2, 0.25) is 0 Å². The molecule has 2 rings (SSSR count). The van der Waals surface area contributed by atoms with Gasteiger partial charge in [-0.1, -0.05) is 26.8 Å². The van der Waals surface area contributed by atoms with Gasteiger partial charge in [-0.15, -0.1) is 0 Å². The Morgan fingerprint density at radius 2 is 2.20 bits per heavy atom. The molecule has 10 nitrogen and oxygen atoms in total. The maximum absolute atomic E-state index is 11.9. The molecule has 0 aromatic heterocycles. The topological polar surface area (TPSA) is 156 Å². The van der Waals surface area contributed by atoms with E-state index in [9.17, 15) is 15.0 Å². The molecule has 0 aliphatic carbocycles. The summed E-state index contributed by atoms with van der Waals surface area (Å²) in [5.41, 5.74) is 11.3. The van der Waals surface area contributed by atoms with Crippen LogP contribution in [-0.4, -0.2) is 70.4 Å². The van der Waals surface area contributed by atoms with Gasteiger partial charge in [0.1, 0.15) is 42.6 Å². The molecule has 2 aliphatic heterocycles. The second-order valence-electron chi connectivity index (χ2n) is 6.13. The standard InChI is InChI=1S/C15H25N5O5/c1-4-7(2)11(17)15(23)24-6-9-12(21)13(22)14(25-9)20-8(3)19-10(16)5-18-20/h5,7,9,11-14,21-22H,3-4,6,17H2,1-2H3,(H2,16,19)/t7-,9+,11-,12?,13-,14+/m0/s1. The summed E-state index contributed by atoms with van der Waals surface area (Å²) in [5.74, 6) is -0.290. The van der Waals surface area contributed by atoms with Crippen molar-refractivity contribution in [3.8, 4) is 0 Å². The number of carbonyl (C=O) groups excluding carboxylic acids is 1. The van der Waals surface area contributed by atoms with Gasteiger partial charge in [0.25, 0.3) is 0 Å². The van der Waals surface area contributed by atoms with Crippen LogP contribution in [0.25, 0.3) is 0 Å². The van der Waals surface area contributed by atoms with E-state index in [4.69, 9.17) is 20.9 Å². The Kier molecular flexibility index (Phi) is 6.11. The molecule has 6 N–H and O–H groups in total. The molecule has 0 aromatic rings. The number of nitrogens with two attached hydrogens (primary N) is 2. The summed E-state index contributed by atoms with van der Waals surface area (Å²) in [6.45, 7) is 7.19. The number of carbonyl (C=O) groups is 1. The minimum atomic E-state index is -1.30. The van der Waals surface area contributed by atoms with Gasteiger partial charge in [-0.3, -0.25) is 4.79 Å². The lowest BCUT2D eigenvalue weighted by atomic mass is 10.0. The molecule has 0 saturated carbocycles. The van der Waals surface area contributed by atoms with E-state index < -0.39 is 36.6 Å². The molecule has 0 amide bonds. The van der Waals surface area contributed by atoms with Crippen LogP contribution in [-0.2, 0) is 14.3 Å². The minimum Gasteiger partial charge on any atom is -0.462 e. The normalized spacial score (nSPS) is 31.6. The Morgan fingerprint density at radius 1 is 1.52 bits per heavy atom. The molecule has 25 heavy (non-hydrogen) atoms. The fourth-order valence-electron chi connectivity index (χ4n) is 2.45. The van der Waals surface area contributed by atoms with E-state index in [1.54, 1.807) is 0 Å². The van der Waals surface area contributed by atoms with Crippen LogP contribution in [0.15, 0.2) is 22.5 Å². The van der Waals surface area contributed by atoms with E-state index in [2.05, 4.69) is 16.7 Å². The van der Waals surface area contributed by atoms with Gasteiger partial charge in [0, 0.05) is 0 Å². The van der Waals surface area contributed by atoms with E-state index in [1.807, 2.05) is 13.8 Å². The highest BCUT2D eigenvalue weighted by atomic mass is 16.6. The lowest BCUT2D eigenvalue weighted by Gasteiger charge is -2.28. The molecule has 2 aliphatic rings. The molecule has 0 aromatic carbocycles. The van der Waals surface area contributed by atoms with Crippen molar-refractivity contribution < 1.29 is 24.5 Å². The van der Waals surface area contributed by atoms with Gasteiger partial charge in [0.2, 0.25) is 0 Å². The highest BCUT2D eigenvalue weighted by Gasteiger charge is 2.47. The molecule has 0 radical (unpaired) electrons. The van der Waals surface area contributed by atoms with Crippen molar-refractivity contribution in [2.75, 3.05) is 6.61 Å². The number of amidine groups is 1. The minimum absolute atomic E-state index is 0.0328. The number of hydrogen-bond acceptors (Lipinski definition) is 10. The number of aliphatic hydroxyl groups excluding tert-OH is 2. The van der Waals surface area contributed by atoms with Gasteiger partial charge in [-0.05, 0) is 5.92 Å². The molecule has 10 heteroatoms. The van der Waals surface area contributed by atoms with Gasteiger partial charge in [0.05, 0.1) is 6.21 Å². The molecular formula is C15H25N5O5. The van der Waals surface area contributed by atoms with Gasteiger partial charge < -0.3 is 31.2 Å². The van der Waals surface area contributed by atoms with Crippen LogP contribution in [0.5, 0.6) is 0 Å². The zero-order valence-corrected chi connectivity index (χ0v) is 14.3. The van der Waals surface area contributed by atoms with Crippen LogP contribution < -0.4 is 11.5 Å². The lowest BCUT2D eigenvalue weighted by Crippen LogP contribution is -2.42. The second kappa shape index (κ2) is 7.91. The van der Waals surface area contributed by atoms with E-state index >= 15 is 0 Å². The zero-order valence-electron chi connectivity index (χ0n) is 14.3. The lowest BCUT2D eigenvalue weighted by molar-refractivity contribution is -0.153. The predicted octanol–water partition coefficient (Wildman–Crippen LogP) is -1.52. The Bertz CT molecular complexity index is 581. The maximum Gasteiger partial charge on any atom is 0.323 e. The van der Waals surface area contributed by atoms with Gasteiger partial charge in [-0.2, -0.15) is 5.10 Å². The summed E-state index contributed by atoms with van der Waals surface area (Å²) in [7, 11) is 0. The fourth-order valence-corrected chi connectivity index (χ4v) is 2.45. The Labute approximate surface area is 145 Å². The van der Waals surface area contributed by atoms with Crippen molar-refractivity contribution >= 4 is 18.0 Å². The number of aliphatic hydroxyl groups is 2. The van der Waals surface area contributed by atoms with Gasteiger partial charge in [0.15, 0.2) is 6.23 Å². The summed E-state index contributed by atoms with van der Waals surface area (Å²) in [4.78, 5) is 15.9. The van der Waals surface area contributed by atoms with Crippen LogP contribution in [0.3, 0.4) is 0 Å². The van der Waals surface area contributed by atoms with Crippen LogP contribution in [0.1, 0.15) is 20.3 Å². The summed E-state index contributed by atoms with van der Waals surface area (Å²) < 4.78 is 10.7. The smallest absolute Gasteiger partial charge is 0.323 e. The first-order valence-electron chi connectivity index (χ1n) is 8.06. The molecule has 140 valence electrons. The van der Waals surface area contributed by atoms with Gasteiger partial charge >= 0.3 is 5.97 Å². The van der Waals surface area contributed by atoms with Crippen molar-refractivity contribution in [3.05, 3.63) is 12.4 Å². The molecule has 2 heterocycles. The number of hydrazone groups is 1. The Morgan fingerprint density at radius 3 is 2.80 bits per heavy atom. The average molecular weight is 355 g/mol. The van der Waals surface area contributed by atoms with Crippen molar-refractivity contribution in [3.63, 3.8) is 0 Å². The summed E-state index contributed by atoms with van der Waals surface area (Å²) >= 11 is 0. The van der Waals surface area contributed by atoms with Crippen molar-refractivity contribution in [2.24, 2.45) is 27.5 Å². The molecule has 0 spiro atoms. The number of ether oxygens (including phenoxy) is 2. The molecule has 1 saturated heterocycles. The van der Waals surface area contributed by atoms with Crippen LogP contribution in [0, 0.1) is 5.92 Å². The number of esters is 1. The number of rotatable bonds is 6. The molecular weight excluding hydrogens is 330 g/mol. The first-order chi connectivity index (χ1) is 11.8. The van der Waals surface area contributed by atoms with E-state index in [1.165, 1.54) is 11.2 Å². The van der Waals surface area contributed by atoms with Crippen LogP contribution >= 0.6 is 0 Å². The fraction of sp³-hybridized carbons (Fsp3) is 0.667. The molecule has 1 fully saturated rings. The second-order valence-corrected chi connectivity index (χ2v) is 6.13. The molecule has 0 bridgehead atoms. The third-order valence-electron chi connectivity index (χ3n) is 4.33. The number of nitrogens with zero attached hydrogens (tertiary/aromatic N) is 3. The van der Waals surface area contributed by atoms with Crippen molar-refractivity contribution in [1.29, 1.82) is 0 Å². The number of hydrogen-bond donors (Lipinski definition) is 4. The monoisotopic (exact) mass is 355 g/mol. The van der Waals surface area contributed by atoms with E-state index in [0.717, 1.165) is 6.42 Å². The Hall–Kier alpha value is -2.01. The Balaban J connectivity index is 1.95. The summed E-state index contributed by atoms with van der Waals surface area (Å²) in [5, 5.41) is 25.5. The van der Waals surface area contributed by atoms with E-state index in [0.29, 0.717) is 0 Å². The third kappa shape index (κ3) is 4.15. The van der Waals surface area contributed by atoms with Crippen molar-refractivity contribution in [1.82, 2.24) is 5.01 Å². The third-order valence-corrected chi connectivity index (χ3v) is 4.33. The highest BCUT2D eigenvalue weighted by molar-refractivity contribution is 6.29. The number of aliphatic imine (C=N–C) groups is 1. The summed E-state index contributed by atoms with van der Waals surface area (Å²) in [6, 6.07) is -0.756. The highest BCUT2D eigenvalue weighted by Crippen LogP contribution is 2.28. The first kappa shape index (κ1) is 19.3. The van der Waals surface area contributed by atoms with Crippen molar-refractivity contribution in [2.45, 2.75) is 50.8 Å².